The van der Waals surface area contributed by atoms with Crippen LogP contribution in [0.3, 0.4) is 0 Å². The minimum atomic E-state index is -3.23. The van der Waals surface area contributed by atoms with Crippen molar-refractivity contribution in [3.63, 3.8) is 0 Å². The van der Waals surface area contributed by atoms with Gasteiger partial charge in [-0.2, -0.15) is 19.1 Å². The van der Waals surface area contributed by atoms with Crippen molar-refractivity contribution in [2.24, 2.45) is 0 Å². The van der Waals surface area contributed by atoms with E-state index in [1.807, 2.05) is 31.2 Å². The lowest BCUT2D eigenvalue weighted by Gasteiger charge is -2.15. The maximum absolute atomic E-state index is 14.5. The molecular formula is C31H35F2N9O3. The topological polar surface area (TPSA) is 162 Å². The Morgan fingerprint density at radius 2 is 2.07 bits per heavy atom. The van der Waals surface area contributed by atoms with Crippen LogP contribution in [-0.2, 0) is 23.7 Å². The van der Waals surface area contributed by atoms with Gasteiger partial charge in [-0.1, -0.05) is 19.1 Å². The molecule has 2 aliphatic heterocycles. The summed E-state index contributed by atoms with van der Waals surface area (Å²) in [7, 11) is 0. The van der Waals surface area contributed by atoms with Crippen LogP contribution >= 0.6 is 0 Å². The van der Waals surface area contributed by atoms with Crippen molar-refractivity contribution in [2.75, 3.05) is 25.0 Å². The van der Waals surface area contributed by atoms with Crippen molar-refractivity contribution in [1.29, 1.82) is 5.26 Å². The molecule has 14 heteroatoms. The van der Waals surface area contributed by atoms with Gasteiger partial charge in [0.1, 0.15) is 12.2 Å². The van der Waals surface area contributed by atoms with Crippen molar-refractivity contribution in [2.45, 2.75) is 57.7 Å². The molecule has 2 atom stereocenters. The zero-order valence-corrected chi connectivity index (χ0v) is 25.0. The number of aliphatic hydroxyl groups excluding tert-OH is 1. The van der Waals surface area contributed by atoms with Gasteiger partial charge in [0.25, 0.3) is 11.8 Å². The van der Waals surface area contributed by atoms with Gasteiger partial charge < -0.3 is 26.4 Å². The van der Waals surface area contributed by atoms with Crippen LogP contribution < -0.4 is 21.3 Å². The molecule has 2 amide bonds. The first kappa shape index (κ1) is 31.6. The molecule has 0 bridgehead atoms. The van der Waals surface area contributed by atoms with Crippen LogP contribution in [0, 0.1) is 11.3 Å². The average Bonchev–Trinajstić information content (AvgIpc) is 3.72. The van der Waals surface area contributed by atoms with Crippen molar-refractivity contribution in [3.8, 4) is 17.3 Å². The number of hydrogen-bond donors (Lipinski definition) is 5. The minimum Gasteiger partial charge on any atom is -0.392 e. The van der Waals surface area contributed by atoms with Crippen molar-refractivity contribution in [1.82, 2.24) is 35.3 Å². The molecule has 236 valence electrons. The number of rotatable bonds is 11. The van der Waals surface area contributed by atoms with E-state index in [4.69, 9.17) is 5.26 Å². The number of carbonyl (C=O) groups excluding carboxylic acids is 2. The number of nitriles is 1. The van der Waals surface area contributed by atoms with Gasteiger partial charge in [0.15, 0.2) is 5.82 Å². The molecule has 0 aliphatic carbocycles. The SMILES string of the molecule is CCc1cc(NC2=CCC=Cn3c(-c4cn(CC#N)nc4C(C)(F)F)cnc32)ccc1C(=O)NCCNC(=O)[C@@H]1C[C@@H](O)CN1. The average molecular weight is 620 g/mol. The summed E-state index contributed by atoms with van der Waals surface area (Å²) in [5, 5.41) is 34.5. The number of benzene rings is 1. The molecule has 1 fully saturated rings. The fraction of sp³-hybridized carbons (Fsp3) is 0.387. The van der Waals surface area contributed by atoms with E-state index < -0.39 is 23.8 Å². The summed E-state index contributed by atoms with van der Waals surface area (Å²) in [6.07, 6.45) is 9.50. The number of hydrogen-bond acceptors (Lipinski definition) is 8. The fourth-order valence-electron chi connectivity index (χ4n) is 5.39. The summed E-state index contributed by atoms with van der Waals surface area (Å²) in [5.74, 6) is -3.21. The molecule has 0 unspecified atom stereocenters. The van der Waals surface area contributed by atoms with Crippen LogP contribution in [0.1, 0.15) is 54.1 Å². The number of imidazole rings is 1. The van der Waals surface area contributed by atoms with E-state index in [0.717, 1.165) is 12.5 Å². The number of carbonyl (C=O) groups is 2. The van der Waals surface area contributed by atoms with E-state index in [9.17, 15) is 23.5 Å². The molecule has 5 rings (SSSR count). The number of aliphatic hydroxyl groups is 1. The Morgan fingerprint density at radius 1 is 1.27 bits per heavy atom. The highest BCUT2D eigenvalue weighted by Crippen LogP contribution is 2.36. The number of nitrogens with one attached hydrogen (secondary N) is 4. The minimum absolute atomic E-state index is 0.166. The highest BCUT2D eigenvalue weighted by atomic mass is 19.3. The van der Waals surface area contributed by atoms with Gasteiger partial charge in [0, 0.05) is 55.8 Å². The molecule has 12 nitrogen and oxygen atoms in total. The zero-order chi connectivity index (χ0) is 32.1. The van der Waals surface area contributed by atoms with E-state index in [2.05, 4.69) is 31.3 Å². The molecule has 3 aromatic rings. The van der Waals surface area contributed by atoms with E-state index in [1.54, 1.807) is 22.9 Å². The Morgan fingerprint density at radius 3 is 2.78 bits per heavy atom. The molecule has 2 aliphatic rings. The van der Waals surface area contributed by atoms with Gasteiger partial charge in [-0.25, -0.2) is 4.98 Å². The number of aryl methyl sites for hydroxylation is 1. The number of aromatic nitrogens is 4. The van der Waals surface area contributed by atoms with Gasteiger partial charge in [0.05, 0.1) is 35.8 Å². The molecule has 1 saturated heterocycles. The molecule has 0 spiro atoms. The molecule has 5 N–H and O–H groups in total. The van der Waals surface area contributed by atoms with Gasteiger partial charge >= 0.3 is 0 Å². The Bertz CT molecular complexity index is 1680. The van der Waals surface area contributed by atoms with Crippen LogP contribution in [0.5, 0.6) is 0 Å². The first-order valence-corrected chi connectivity index (χ1v) is 14.7. The molecule has 45 heavy (non-hydrogen) atoms. The van der Waals surface area contributed by atoms with Crippen molar-refractivity contribution >= 4 is 29.4 Å². The second kappa shape index (κ2) is 13.4. The summed E-state index contributed by atoms with van der Waals surface area (Å²) in [6.45, 7) is 3.44. The maximum Gasteiger partial charge on any atom is 0.289 e. The largest absolute Gasteiger partial charge is 0.392 e. The molecule has 0 saturated carbocycles. The van der Waals surface area contributed by atoms with Crippen LogP contribution in [0.4, 0.5) is 14.5 Å². The van der Waals surface area contributed by atoms with Crippen LogP contribution in [0.25, 0.3) is 23.2 Å². The number of allylic oxidation sites excluding steroid dienone is 2. The predicted octanol–water partition coefficient (Wildman–Crippen LogP) is 2.84. The van der Waals surface area contributed by atoms with E-state index in [1.165, 1.54) is 17.1 Å². The Hall–Kier alpha value is -4.87. The first-order valence-electron chi connectivity index (χ1n) is 14.7. The van der Waals surface area contributed by atoms with E-state index >= 15 is 0 Å². The third-order valence-corrected chi connectivity index (χ3v) is 7.58. The highest BCUT2D eigenvalue weighted by Gasteiger charge is 2.34. The van der Waals surface area contributed by atoms with Crippen molar-refractivity contribution in [3.05, 3.63) is 65.4 Å². The second-order valence-electron chi connectivity index (χ2n) is 11.0. The molecule has 2 aromatic heterocycles. The Kier molecular flexibility index (Phi) is 9.40. The summed E-state index contributed by atoms with van der Waals surface area (Å²) in [5.41, 5.74) is 2.84. The van der Waals surface area contributed by atoms with Crippen LogP contribution in [0.15, 0.2) is 42.7 Å². The number of anilines is 1. The van der Waals surface area contributed by atoms with Gasteiger partial charge in [0.2, 0.25) is 5.91 Å². The number of fused-ring (bicyclic) bond motifs is 1. The Balaban J connectivity index is 1.29. The van der Waals surface area contributed by atoms with Gasteiger partial charge in [-0.15, -0.1) is 0 Å². The smallest absolute Gasteiger partial charge is 0.289 e. The first-order chi connectivity index (χ1) is 21.6. The van der Waals surface area contributed by atoms with E-state index in [-0.39, 0.29) is 37.0 Å². The third kappa shape index (κ3) is 7.11. The summed E-state index contributed by atoms with van der Waals surface area (Å²) < 4.78 is 31.9. The van der Waals surface area contributed by atoms with Crippen molar-refractivity contribution < 1.29 is 23.5 Å². The molecule has 4 heterocycles. The highest BCUT2D eigenvalue weighted by molar-refractivity contribution is 5.96. The molecule has 1 aromatic carbocycles. The normalized spacial score (nSPS) is 17.6. The van der Waals surface area contributed by atoms with E-state index in [0.29, 0.717) is 54.3 Å². The van der Waals surface area contributed by atoms with Crippen LogP contribution in [-0.4, -0.2) is 68.0 Å². The molecular weight excluding hydrogens is 584 g/mol. The maximum atomic E-state index is 14.5. The number of amides is 2. The van der Waals surface area contributed by atoms with Gasteiger partial charge in [-0.05, 0) is 43.0 Å². The monoisotopic (exact) mass is 619 g/mol. The third-order valence-electron chi connectivity index (χ3n) is 7.58. The number of alkyl halides is 2. The fourth-order valence-corrected chi connectivity index (χ4v) is 5.39. The predicted molar refractivity (Wildman–Crippen MR) is 164 cm³/mol. The number of halogens is 2. The molecule has 0 radical (unpaired) electrons. The lowest BCUT2D eigenvalue weighted by molar-refractivity contribution is -0.122. The van der Waals surface area contributed by atoms with Crippen LogP contribution in [0.2, 0.25) is 0 Å². The number of β-amino-alcohol motifs (C(OH)–C–C–N with tert-alkyl or cyclic N) is 1. The lowest BCUT2D eigenvalue weighted by atomic mass is 10.0. The summed E-state index contributed by atoms with van der Waals surface area (Å²) >= 11 is 0. The van der Waals surface area contributed by atoms with Gasteiger partial charge in [-0.3, -0.25) is 18.8 Å². The Labute approximate surface area is 258 Å². The standard InChI is InChI=1S/C31H35F2N9O3/c1-3-19-14-20(7-8-22(19)29(44)35-10-11-36-30(45)25-15-21(43)16-37-25)39-24-6-4-5-12-42-26(17-38-28(24)42)23-18-41(13-9-34)40-27(23)31(2,32)33/h5-8,12,14,17-18,21,25,37,39,43H,3-4,10-11,13,15-16H2,1-2H3,(H,35,44)(H,36,45)/t21-,25+/m1/s1. The lowest BCUT2D eigenvalue weighted by Crippen LogP contribution is -2.43. The number of nitrogens with zero attached hydrogens (tertiary/aromatic N) is 5. The summed E-state index contributed by atoms with van der Waals surface area (Å²) in [6, 6.07) is 6.88. The quantitative estimate of drug-likeness (QED) is 0.205. The zero-order valence-electron chi connectivity index (χ0n) is 25.0. The summed E-state index contributed by atoms with van der Waals surface area (Å²) in [4.78, 5) is 29.7. The second-order valence-corrected chi connectivity index (χ2v) is 11.0.